The highest BCUT2D eigenvalue weighted by Gasteiger charge is 2.27. The SMILES string of the molecule is CCN(C(=O)NC(c1ccncc1)c1ccc(OC)cc1)C1CCOCC1. The van der Waals surface area contributed by atoms with Crippen LogP contribution in [0.4, 0.5) is 4.79 Å². The van der Waals surface area contributed by atoms with Crippen molar-refractivity contribution >= 4 is 6.03 Å². The molecule has 1 N–H and O–H groups in total. The van der Waals surface area contributed by atoms with E-state index in [1.165, 1.54) is 0 Å². The van der Waals surface area contributed by atoms with E-state index in [0.717, 1.165) is 29.7 Å². The Hall–Kier alpha value is -2.60. The Kier molecular flexibility index (Phi) is 6.65. The van der Waals surface area contributed by atoms with E-state index >= 15 is 0 Å². The number of methoxy groups -OCH3 is 1. The number of urea groups is 1. The number of carbonyl (C=O) groups is 1. The van der Waals surface area contributed by atoms with Gasteiger partial charge in [-0.05, 0) is 55.2 Å². The maximum atomic E-state index is 13.1. The number of carbonyl (C=O) groups excluding carboxylic acids is 1. The van der Waals surface area contributed by atoms with Crippen LogP contribution in [0.3, 0.4) is 0 Å². The van der Waals surface area contributed by atoms with E-state index < -0.39 is 0 Å². The first kappa shape index (κ1) is 19.2. The van der Waals surface area contributed by atoms with Gasteiger partial charge in [-0.3, -0.25) is 4.98 Å². The minimum Gasteiger partial charge on any atom is -0.497 e. The van der Waals surface area contributed by atoms with Gasteiger partial charge in [-0.15, -0.1) is 0 Å². The fraction of sp³-hybridized carbons (Fsp3) is 0.429. The monoisotopic (exact) mass is 369 g/mol. The Morgan fingerprint density at radius 3 is 2.41 bits per heavy atom. The number of hydrogen-bond acceptors (Lipinski definition) is 4. The number of benzene rings is 1. The molecule has 0 bridgehead atoms. The van der Waals surface area contributed by atoms with Gasteiger partial charge in [-0.25, -0.2) is 4.79 Å². The van der Waals surface area contributed by atoms with Crippen LogP contribution in [0, 0.1) is 0 Å². The number of ether oxygens (including phenoxy) is 2. The predicted molar refractivity (Wildman–Crippen MR) is 104 cm³/mol. The normalized spacial score (nSPS) is 15.8. The van der Waals surface area contributed by atoms with E-state index in [-0.39, 0.29) is 18.1 Å². The molecule has 1 aliphatic rings. The average Bonchev–Trinajstić information content (AvgIpc) is 2.74. The van der Waals surface area contributed by atoms with Gasteiger partial charge in [0.15, 0.2) is 0 Å². The van der Waals surface area contributed by atoms with Gasteiger partial charge < -0.3 is 19.7 Å². The largest absolute Gasteiger partial charge is 0.497 e. The summed E-state index contributed by atoms with van der Waals surface area (Å²) in [6.45, 7) is 4.10. The van der Waals surface area contributed by atoms with Crippen molar-refractivity contribution in [3.8, 4) is 5.75 Å². The number of pyridine rings is 1. The van der Waals surface area contributed by atoms with Crippen LogP contribution >= 0.6 is 0 Å². The molecule has 1 aromatic carbocycles. The lowest BCUT2D eigenvalue weighted by Gasteiger charge is -2.35. The molecule has 0 saturated carbocycles. The first-order valence-electron chi connectivity index (χ1n) is 9.41. The van der Waals surface area contributed by atoms with Crippen LogP contribution in [0.15, 0.2) is 48.8 Å². The van der Waals surface area contributed by atoms with E-state index in [1.807, 2.05) is 48.2 Å². The number of amides is 2. The number of nitrogens with one attached hydrogen (secondary N) is 1. The second kappa shape index (κ2) is 9.37. The maximum absolute atomic E-state index is 13.1. The highest BCUT2D eigenvalue weighted by atomic mass is 16.5. The molecule has 0 spiro atoms. The predicted octanol–water partition coefficient (Wildman–Crippen LogP) is 3.39. The third-order valence-electron chi connectivity index (χ3n) is 4.99. The van der Waals surface area contributed by atoms with Gasteiger partial charge in [0.05, 0.1) is 13.2 Å². The van der Waals surface area contributed by atoms with E-state index in [4.69, 9.17) is 9.47 Å². The second-order valence-electron chi connectivity index (χ2n) is 6.57. The van der Waals surface area contributed by atoms with Crippen LogP contribution in [0.1, 0.15) is 36.9 Å². The lowest BCUT2D eigenvalue weighted by Crippen LogP contribution is -2.49. The van der Waals surface area contributed by atoms with Gasteiger partial charge in [0.1, 0.15) is 5.75 Å². The lowest BCUT2D eigenvalue weighted by atomic mass is 9.99. The molecule has 0 radical (unpaired) electrons. The Balaban J connectivity index is 1.82. The zero-order chi connectivity index (χ0) is 19.1. The summed E-state index contributed by atoms with van der Waals surface area (Å²) in [4.78, 5) is 19.1. The maximum Gasteiger partial charge on any atom is 0.318 e. The summed E-state index contributed by atoms with van der Waals surface area (Å²) >= 11 is 0. The summed E-state index contributed by atoms with van der Waals surface area (Å²) in [6, 6.07) is 11.6. The average molecular weight is 369 g/mol. The summed E-state index contributed by atoms with van der Waals surface area (Å²) < 4.78 is 10.7. The molecule has 2 amide bonds. The molecule has 0 aliphatic carbocycles. The molecule has 144 valence electrons. The van der Waals surface area contributed by atoms with Crippen molar-refractivity contribution in [2.75, 3.05) is 26.9 Å². The Labute approximate surface area is 160 Å². The van der Waals surface area contributed by atoms with Gasteiger partial charge in [0, 0.05) is 38.2 Å². The van der Waals surface area contributed by atoms with Gasteiger partial charge in [0.2, 0.25) is 0 Å². The summed E-state index contributed by atoms with van der Waals surface area (Å²) in [6.07, 6.45) is 5.25. The molecule has 27 heavy (non-hydrogen) atoms. The zero-order valence-electron chi connectivity index (χ0n) is 15.9. The summed E-state index contributed by atoms with van der Waals surface area (Å²) in [5.74, 6) is 0.788. The third kappa shape index (κ3) is 4.77. The van der Waals surface area contributed by atoms with Gasteiger partial charge in [-0.1, -0.05) is 12.1 Å². The quantitative estimate of drug-likeness (QED) is 0.848. The molecule has 6 heteroatoms. The van der Waals surface area contributed by atoms with Crippen molar-refractivity contribution in [2.45, 2.75) is 31.8 Å². The topological polar surface area (TPSA) is 63.7 Å². The molecular formula is C21H27N3O3. The molecule has 1 aliphatic heterocycles. The number of aromatic nitrogens is 1. The van der Waals surface area contributed by atoms with Crippen LogP contribution in [0.2, 0.25) is 0 Å². The molecule has 1 unspecified atom stereocenters. The van der Waals surface area contributed by atoms with Crippen LogP contribution in [-0.4, -0.2) is 48.8 Å². The first-order chi connectivity index (χ1) is 13.2. The Morgan fingerprint density at radius 1 is 1.19 bits per heavy atom. The van der Waals surface area contributed by atoms with Gasteiger partial charge in [-0.2, -0.15) is 0 Å². The fourth-order valence-corrected chi connectivity index (χ4v) is 3.48. The molecule has 6 nitrogen and oxygen atoms in total. The van der Waals surface area contributed by atoms with Crippen molar-refractivity contribution in [1.82, 2.24) is 15.2 Å². The highest BCUT2D eigenvalue weighted by Crippen LogP contribution is 2.25. The molecular weight excluding hydrogens is 342 g/mol. The number of rotatable bonds is 6. The van der Waals surface area contributed by atoms with Crippen LogP contribution < -0.4 is 10.1 Å². The highest BCUT2D eigenvalue weighted by molar-refractivity contribution is 5.75. The molecule has 2 aromatic rings. The number of nitrogens with zero attached hydrogens (tertiary/aromatic N) is 2. The second-order valence-corrected chi connectivity index (χ2v) is 6.57. The summed E-state index contributed by atoms with van der Waals surface area (Å²) in [5, 5.41) is 3.21. The minimum atomic E-state index is -0.250. The van der Waals surface area contributed by atoms with Crippen molar-refractivity contribution < 1.29 is 14.3 Å². The first-order valence-corrected chi connectivity index (χ1v) is 9.41. The molecule has 1 atom stereocenters. The smallest absolute Gasteiger partial charge is 0.318 e. The van der Waals surface area contributed by atoms with E-state index in [1.54, 1.807) is 19.5 Å². The molecule has 1 fully saturated rings. The van der Waals surface area contributed by atoms with Gasteiger partial charge >= 0.3 is 6.03 Å². The summed E-state index contributed by atoms with van der Waals surface area (Å²) in [7, 11) is 1.64. The van der Waals surface area contributed by atoms with Crippen LogP contribution in [-0.2, 0) is 4.74 Å². The van der Waals surface area contributed by atoms with Crippen molar-refractivity contribution in [3.05, 3.63) is 59.9 Å². The molecule has 1 aromatic heterocycles. The fourth-order valence-electron chi connectivity index (χ4n) is 3.48. The molecule has 3 rings (SSSR count). The van der Waals surface area contributed by atoms with Gasteiger partial charge in [0.25, 0.3) is 0 Å². The van der Waals surface area contributed by atoms with Crippen molar-refractivity contribution in [1.29, 1.82) is 0 Å². The van der Waals surface area contributed by atoms with Crippen LogP contribution in [0.25, 0.3) is 0 Å². The van der Waals surface area contributed by atoms with Crippen molar-refractivity contribution in [2.24, 2.45) is 0 Å². The van der Waals surface area contributed by atoms with E-state index in [0.29, 0.717) is 19.8 Å². The van der Waals surface area contributed by atoms with Crippen molar-refractivity contribution in [3.63, 3.8) is 0 Å². The standard InChI is InChI=1S/C21H27N3O3/c1-3-24(18-10-14-27-15-11-18)21(25)23-20(17-8-12-22-13-9-17)16-4-6-19(26-2)7-5-16/h4-9,12-13,18,20H,3,10-11,14-15H2,1-2H3,(H,23,25). The molecule has 2 heterocycles. The number of hydrogen-bond donors (Lipinski definition) is 1. The zero-order valence-corrected chi connectivity index (χ0v) is 15.9. The van der Waals surface area contributed by atoms with E-state index in [2.05, 4.69) is 10.3 Å². The van der Waals surface area contributed by atoms with E-state index in [9.17, 15) is 4.79 Å². The minimum absolute atomic E-state index is 0.0537. The third-order valence-corrected chi connectivity index (χ3v) is 4.99. The lowest BCUT2D eigenvalue weighted by molar-refractivity contribution is 0.0470. The van der Waals surface area contributed by atoms with Crippen LogP contribution in [0.5, 0.6) is 5.75 Å². The molecule has 1 saturated heterocycles. The Bertz CT molecular complexity index is 715. The summed E-state index contributed by atoms with van der Waals surface area (Å²) in [5.41, 5.74) is 1.99. The Morgan fingerprint density at radius 2 is 1.81 bits per heavy atom.